The molecular weight excluding hydrogens is 492 g/mol. The van der Waals surface area contributed by atoms with Crippen LogP contribution in [-0.2, 0) is 14.4 Å². The van der Waals surface area contributed by atoms with E-state index in [2.05, 4.69) is 23.6 Å². The average molecular weight is 537 g/mol. The van der Waals surface area contributed by atoms with Gasteiger partial charge in [-0.25, -0.2) is 0 Å². The first-order valence-corrected chi connectivity index (χ1v) is 13.0. The molecule has 39 heavy (non-hydrogen) atoms. The number of amides is 2. The van der Waals surface area contributed by atoms with E-state index >= 15 is 0 Å². The van der Waals surface area contributed by atoms with Gasteiger partial charge in [0, 0.05) is 35.8 Å². The minimum absolute atomic E-state index is 0.0675. The first kappa shape index (κ1) is 35.1. The Morgan fingerprint density at radius 1 is 0.846 bits per heavy atom. The predicted octanol–water partition coefficient (Wildman–Crippen LogP) is 4.52. The normalized spacial score (nSPS) is 12.1. The molecule has 1 fully saturated rings. The van der Waals surface area contributed by atoms with Gasteiger partial charge in [-0.1, -0.05) is 62.4 Å². The smallest absolute Gasteiger partial charge is 0.255 e. The van der Waals surface area contributed by atoms with E-state index in [9.17, 15) is 9.59 Å². The molecular formula is C31H44N4O4. The summed E-state index contributed by atoms with van der Waals surface area (Å²) in [7, 11) is 1.96. The largest absolute Gasteiger partial charge is 0.341 e. The van der Waals surface area contributed by atoms with Crippen molar-refractivity contribution in [1.29, 1.82) is 0 Å². The summed E-state index contributed by atoms with van der Waals surface area (Å²) in [6.07, 6.45) is 2.09. The summed E-state index contributed by atoms with van der Waals surface area (Å²) in [6.45, 7) is 13.9. The number of likely N-dealkylation sites (tertiary alicyclic amines) is 1. The van der Waals surface area contributed by atoms with Gasteiger partial charge in [-0.2, -0.15) is 0 Å². The molecule has 0 aliphatic carbocycles. The highest BCUT2D eigenvalue weighted by molar-refractivity contribution is 6.10. The topological polar surface area (TPSA) is 122 Å². The number of rotatable bonds is 4. The lowest BCUT2D eigenvalue weighted by Gasteiger charge is -2.31. The number of aryl methyl sites for hydroxylation is 2. The van der Waals surface area contributed by atoms with Crippen LogP contribution in [0.1, 0.15) is 48.2 Å². The molecule has 1 aliphatic rings. The zero-order valence-corrected chi connectivity index (χ0v) is 24.0. The molecule has 4 rings (SSSR count). The van der Waals surface area contributed by atoms with Crippen LogP contribution in [-0.4, -0.2) is 63.0 Å². The van der Waals surface area contributed by atoms with Crippen molar-refractivity contribution in [2.45, 2.75) is 46.6 Å². The molecule has 3 aromatic carbocycles. The number of nitrogens with one attached hydrogen (secondary N) is 2. The first-order chi connectivity index (χ1) is 18.9. The summed E-state index contributed by atoms with van der Waals surface area (Å²) < 4.78 is 0. The maximum Gasteiger partial charge on any atom is 0.255 e. The van der Waals surface area contributed by atoms with Crippen molar-refractivity contribution in [2.24, 2.45) is 5.73 Å². The number of piperidine rings is 1. The molecule has 0 atom stereocenters. The molecule has 212 valence electrons. The lowest BCUT2D eigenvalue weighted by Crippen LogP contribution is -2.45. The number of carbonyl (C=O) groups excluding carboxylic acids is 4. The molecule has 0 radical (unpaired) electrons. The van der Waals surface area contributed by atoms with E-state index in [0.29, 0.717) is 11.6 Å². The van der Waals surface area contributed by atoms with Crippen LogP contribution in [0, 0.1) is 13.8 Å². The molecule has 8 nitrogen and oxygen atoms in total. The SMILES string of the molecule is C=O.C=O.CC.CNC1CCN(C(=O)CN)CC1.Cc1ccccc1C(=O)Nc1ccc(C)c2ccccc12. The molecule has 0 bridgehead atoms. The second-order valence-corrected chi connectivity index (χ2v) is 8.39. The fourth-order valence-electron chi connectivity index (χ4n) is 4.12. The van der Waals surface area contributed by atoms with Gasteiger partial charge in [0.2, 0.25) is 5.91 Å². The molecule has 1 heterocycles. The van der Waals surface area contributed by atoms with Gasteiger partial charge in [0.05, 0.1) is 6.54 Å². The van der Waals surface area contributed by atoms with E-state index in [1.807, 2.05) is 101 Å². The van der Waals surface area contributed by atoms with Crippen molar-refractivity contribution in [2.75, 3.05) is 32.0 Å². The number of benzene rings is 3. The summed E-state index contributed by atoms with van der Waals surface area (Å²) in [4.78, 5) is 41.4. The van der Waals surface area contributed by atoms with E-state index in [1.54, 1.807) is 0 Å². The van der Waals surface area contributed by atoms with Crippen LogP contribution in [0.4, 0.5) is 5.69 Å². The molecule has 8 heteroatoms. The lowest BCUT2D eigenvalue weighted by atomic mass is 10.0. The zero-order valence-electron chi connectivity index (χ0n) is 24.0. The fourth-order valence-corrected chi connectivity index (χ4v) is 4.12. The van der Waals surface area contributed by atoms with Crippen LogP contribution < -0.4 is 16.4 Å². The summed E-state index contributed by atoms with van der Waals surface area (Å²) in [5, 5.41) is 8.48. The van der Waals surface area contributed by atoms with E-state index < -0.39 is 0 Å². The van der Waals surface area contributed by atoms with Crippen molar-refractivity contribution in [3.63, 3.8) is 0 Å². The lowest BCUT2D eigenvalue weighted by molar-refractivity contribution is -0.130. The van der Waals surface area contributed by atoms with Crippen LogP contribution >= 0.6 is 0 Å². The Hall–Kier alpha value is -3.88. The number of carbonyl (C=O) groups is 4. The van der Waals surface area contributed by atoms with E-state index in [1.165, 1.54) is 10.9 Å². The van der Waals surface area contributed by atoms with Gasteiger partial charge in [0.15, 0.2) is 0 Å². The number of hydrogen-bond acceptors (Lipinski definition) is 6. The third-order valence-corrected chi connectivity index (χ3v) is 6.21. The van der Waals surface area contributed by atoms with Crippen LogP contribution in [0.25, 0.3) is 10.8 Å². The molecule has 3 aromatic rings. The molecule has 1 aliphatic heterocycles. The van der Waals surface area contributed by atoms with E-state index in [4.69, 9.17) is 15.3 Å². The standard InChI is InChI=1S/C19H17NO.C8H17N3O.C2H6.2CH2O/c1-13-7-3-4-9-16(13)19(21)20-18-12-11-14(2)15-8-5-6-10-17(15)18;1-10-7-2-4-11(5-3-7)8(12)6-9;3*1-2/h3-12H,1-2H3,(H,20,21);7,10H,2-6,9H2,1H3;1-2H3;2*1H2. The van der Waals surface area contributed by atoms with Crippen LogP contribution in [0.3, 0.4) is 0 Å². The molecule has 0 aromatic heterocycles. The van der Waals surface area contributed by atoms with Crippen molar-refractivity contribution >= 4 is 41.9 Å². The van der Waals surface area contributed by atoms with Crippen molar-refractivity contribution < 1.29 is 19.2 Å². The molecule has 4 N–H and O–H groups in total. The monoisotopic (exact) mass is 536 g/mol. The zero-order chi connectivity index (χ0) is 29.8. The molecule has 2 amide bonds. The Bertz CT molecular complexity index is 1140. The highest BCUT2D eigenvalue weighted by atomic mass is 16.2. The second-order valence-electron chi connectivity index (χ2n) is 8.39. The second kappa shape index (κ2) is 20.1. The minimum Gasteiger partial charge on any atom is -0.341 e. The van der Waals surface area contributed by atoms with Crippen LogP contribution in [0.5, 0.6) is 0 Å². The Morgan fingerprint density at radius 2 is 1.38 bits per heavy atom. The fraction of sp³-hybridized carbons (Fsp3) is 0.355. The third-order valence-electron chi connectivity index (χ3n) is 6.21. The number of hydrogen-bond donors (Lipinski definition) is 3. The van der Waals surface area contributed by atoms with Gasteiger partial charge < -0.3 is 30.9 Å². The number of nitrogens with two attached hydrogens (primary N) is 1. The van der Waals surface area contributed by atoms with Gasteiger partial charge in [0.1, 0.15) is 13.6 Å². The molecule has 1 saturated heterocycles. The Kier molecular flexibility index (Phi) is 18.1. The van der Waals surface area contributed by atoms with Gasteiger partial charge in [0.25, 0.3) is 5.91 Å². The van der Waals surface area contributed by atoms with Crippen molar-refractivity contribution in [3.05, 3.63) is 77.4 Å². The molecule has 0 spiro atoms. The minimum atomic E-state index is -0.0675. The van der Waals surface area contributed by atoms with Gasteiger partial charge >= 0.3 is 0 Å². The van der Waals surface area contributed by atoms with Gasteiger partial charge in [-0.05, 0) is 62.4 Å². The highest BCUT2D eigenvalue weighted by Crippen LogP contribution is 2.26. The van der Waals surface area contributed by atoms with E-state index in [-0.39, 0.29) is 18.4 Å². The first-order valence-electron chi connectivity index (χ1n) is 13.0. The summed E-state index contributed by atoms with van der Waals surface area (Å²) in [5.74, 6) is 0.00617. The summed E-state index contributed by atoms with van der Waals surface area (Å²) in [5.41, 5.74) is 9.01. The Morgan fingerprint density at radius 3 is 1.92 bits per heavy atom. The number of anilines is 1. The number of nitrogens with zero attached hydrogens (tertiary/aromatic N) is 1. The van der Waals surface area contributed by atoms with Gasteiger partial charge in [-0.15, -0.1) is 0 Å². The van der Waals surface area contributed by atoms with Crippen molar-refractivity contribution in [3.8, 4) is 0 Å². The highest BCUT2D eigenvalue weighted by Gasteiger charge is 2.20. The summed E-state index contributed by atoms with van der Waals surface area (Å²) in [6, 6.07) is 20.3. The molecule has 0 saturated carbocycles. The predicted molar refractivity (Wildman–Crippen MR) is 161 cm³/mol. The Labute approximate surface area is 233 Å². The van der Waals surface area contributed by atoms with Crippen LogP contribution in [0.2, 0.25) is 0 Å². The van der Waals surface area contributed by atoms with Gasteiger partial charge in [-0.3, -0.25) is 9.59 Å². The van der Waals surface area contributed by atoms with Crippen LogP contribution in [0.15, 0.2) is 60.7 Å². The van der Waals surface area contributed by atoms with E-state index in [0.717, 1.165) is 42.6 Å². The molecule has 0 unspecified atom stereocenters. The number of fused-ring (bicyclic) bond motifs is 1. The Balaban J connectivity index is 0.000000685. The van der Waals surface area contributed by atoms with Crippen molar-refractivity contribution in [1.82, 2.24) is 10.2 Å². The maximum absolute atomic E-state index is 12.5. The average Bonchev–Trinajstić information content (AvgIpc) is 3.02. The maximum atomic E-state index is 12.5. The summed E-state index contributed by atoms with van der Waals surface area (Å²) >= 11 is 0. The quantitative estimate of drug-likeness (QED) is 0.451. The third kappa shape index (κ3) is 10.8.